The molecule has 2 heterocycles. The molecule has 0 aliphatic carbocycles. The molecule has 14 heavy (non-hydrogen) atoms. The summed E-state index contributed by atoms with van der Waals surface area (Å²) >= 11 is 0. The zero-order valence-electron chi connectivity index (χ0n) is 8.44. The molecule has 0 spiro atoms. The van der Waals surface area contributed by atoms with Crippen LogP contribution in [0, 0.1) is 0 Å². The Morgan fingerprint density at radius 2 is 2.29 bits per heavy atom. The van der Waals surface area contributed by atoms with Gasteiger partial charge in [0.05, 0.1) is 6.20 Å². The van der Waals surface area contributed by atoms with E-state index in [4.69, 9.17) is 0 Å². The number of hydrogen-bond acceptors (Lipinski definition) is 2. The van der Waals surface area contributed by atoms with E-state index in [1.807, 2.05) is 36.4 Å². The van der Waals surface area contributed by atoms with Gasteiger partial charge in [-0.2, -0.15) is 5.10 Å². The van der Waals surface area contributed by atoms with Crippen molar-refractivity contribution in [1.29, 1.82) is 0 Å². The van der Waals surface area contributed by atoms with Crippen LogP contribution in [0.2, 0.25) is 0 Å². The summed E-state index contributed by atoms with van der Waals surface area (Å²) in [6.45, 7) is 2.11. The second kappa shape index (κ2) is 3.62. The van der Waals surface area contributed by atoms with Gasteiger partial charge in [-0.1, -0.05) is 13.0 Å². The van der Waals surface area contributed by atoms with E-state index in [2.05, 4.69) is 23.1 Å². The highest BCUT2D eigenvalue weighted by molar-refractivity contribution is 5.64. The van der Waals surface area contributed by atoms with Gasteiger partial charge in [-0.15, -0.1) is 0 Å². The molecule has 0 aliphatic heterocycles. The maximum absolute atomic E-state index is 4.35. The Labute approximate surface area is 83.4 Å². The van der Waals surface area contributed by atoms with E-state index < -0.39 is 0 Å². The first kappa shape index (κ1) is 8.94. The lowest BCUT2D eigenvalue weighted by molar-refractivity contribution is 0.768. The van der Waals surface area contributed by atoms with Crippen molar-refractivity contribution in [3.63, 3.8) is 0 Å². The van der Waals surface area contributed by atoms with E-state index in [9.17, 15) is 0 Å². The summed E-state index contributed by atoms with van der Waals surface area (Å²) in [6.07, 6.45) is 6.66. The smallest absolute Gasteiger partial charge is 0.0568 e. The third-order valence-electron chi connectivity index (χ3n) is 2.24. The van der Waals surface area contributed by atoms with E-state index in [-0.39, 0.29) is 0 Å². The first-order chi connectivity index (χ1) is 6.81. The van der Waals surface area contributed by atoms with Gasteiger partial charge in [0.2, 0.25) is 0 Å². The van der Waals surface area contributed by atoms with Gasteiger partial charge >= 0.3 is 0 Å². The SMILES string of the molecule is CCc1ncccc1-c1cnn(C)c1. The van der Waals surface area contributed by atoms with Crippen LogP contribution in [-0.4, -0.2) is 14.8 Å². The lowest BCUT2D eigenvalue weighted by Crippen LogP contribution is -1.90. The fourth-order valence-corrected chi connectivity index (χ4v) is 1.54. The second-order valence-electron chi connectivity index (χ2n) is 3.25. The normalized spacial score (nSPS) is 10.4. The molecule has 0 radical (unpaired) electrons. The van der Waals surface area contributed by atoms with Crippen molar-refractivity contribution in [3.8, 4) is 11.1 Å². The molecule has 0 unspecified atom stereocenters. The minimum Gasteiger partial charge on any atom is -0.275 e. The van der Waals surface area contributed by atoms with Gasteiger partial charge in [0, 0.05) is 36.3 Å². The summed E-state index contributed by atoms with van der Waals surface area (Å²) in [4.78, 5) is 4.35. The van der Waals surface area contributed by atoms with Crippen LogP contribution in [0.1, 0.15) is 12.6 Å². The molecular weight excluding hydrogens is 174 g/mol. The molecule has 0 saturated heterocycles. The second-order valence-corrected chi connectivity index (χ2v) is 3.25. The highest BCUT2D eigenvalue weighted by atomic mass is 15.2. The molecule has 3 heteroatoms. The number of hydrogen-bond donors (Lipinski definition) is 0. The molecule has 72 valence electrons. The van der Waals surface area contributed by atoms with E-state index in [1.54, 1.807) is 0 Å². The molecule has 0 aromatic carbocycles. The van der Waals surface area contributed by atoms with Crippen LogP contribution < -0.4 is 0 Å². The standard InChI is InChI=1S/C11H13N3/c1-3-11-10(5-4-6-12-11)9-7-13-14(2)8-9/h4-8H,3H2,1-2H3. The average molecular weight is 187 g/mol. The summed E-state index contributed by atoms with van der Waals surface area (Å²) in [5.41, 5.74) is 3.45. The van der Waals surface area contributed by atoms with Crippen LogP contribution >= 0.6 is 0 Å². The maximum atomic E-state index is 4.35. The van der Waals surface area contributed by atoms with Crippen molar-refractivity contribution >= 4 is 0 Å². The summed E-state index contributed by atoms with van der Waals surface area (Å²) in [6, 6.07) is 4.05. The van der Waals surface area contributed by atoms with Crippen molar-refractivity contribution < 1.29 is 0 Å². The van der Waals surface area contributed by atoms with Crippen LogP contribution in [0.4, 0.5) is 0 Å². The molecule has 2 aromatic heterocycles. The number of pyridine rings is 1. The molecule has 0 fully saturated rings. The van der Waals surface area contributed by atoms with Gasteiger partial charge in [0.25, 0.3) is 0 Å². The summed E-state index contributed by atoms with van der Waals surface area (Å²) < 4.78 is 1.81. The largest absolute Gasteiger partial charge is 0.275 e. The average Bonchev–Trinajstić information content (AvgIpc) is 2.65. The molecule has 0 atom stereocenters. The van der Waals surface area contributed by atoms with Gasteiger partial charge in [-0.25, -0.2) is 0 Å². The highest BCUT2D eigenvalue weighted by Gasteiger charge is 2.05. The summed E-state index contributed by atoms with van der Waals surface area (Å²) in [5.74, 6) is 0. The highest BCUT2D eigenvalue weighted by Crippen LogP contribution is 2.21. The molecule has 2 aromatic rings. The Balaban J connectivity index is 2.50. The Bertz CT molecular complexity index is 432. The van der Waals surface area contributed by atoms with Gasteiger partial charge in [-0.3, -0.25) is 9.67 Å². The van der Waals surface area contributed by atoms with Crippen LogP contribution in [0.15, 0.2) is 30.7 Å². The predicted octanol–water partition coefficient (Wildman–Crippen LogP) is 2.04. The van der Waals surface area contributed by atoms with Crippen LogP contribution in [0.3, 0.4) is 0 Å². The zero-order chi connectivity index (χ0) is 9.97. The number of nitrogens with zero attached hydrogens (tertiary/aromatic N) is 3. The number of aromatic nitrogens is 3. The molecule has 0 amide bonds. The Morgan fingerprint density at radius 1 is 1.43 bits per heavy atom. The number of aryl methyl sites for hydroxylation is 2. The third-order valence-corrected chi connectivity index (χ3v) is 2.24. The third kappa shape index (κ3) is 1.53. The molecule has 0 N–H and O–H groups in total. The van der Waals surface area contributed by atoms with Crippen LogP contribution in [0.5, 0.6) is 0 Å². The van der Waals surface area contributed by atoms with E-state index in [0.29, 0.717) is 0 Å². The lowest BCUT2D eigenvalue weighted by atomic mass is 10.1. The Kier molecular flexibility index (Phi) is 2.31. The Morgan fingerprint density at radius 3 is 2.93 bits per heavy atom. The molecule has 0 aliphatic rings. The van der Waals surface area contributed by atoms with Gasteiger partial charge in [0.15, 0.2) is 0 Å². The summed E-state index contributed by atoms with van der Waals surface area (Å²) in [7, 11) is 1.92. The topological polar surface area (TPSA) is 30.7 Å². The van der Waals surface area contributed by atoms with E-state index in [0.717, 1.165) is 17.7 Å². The zero-order valence-corrected chi connectivity index (χ0v) is 8.44. The predicted molar refractivity (Wildman–Crippen MR) is 55.8 cm³/mol. The molecule has 0 bridgehead atoms. The maximum Gasteiger partial charge on any atom is 0.0568 e. The van der Waals surface area contributed by atoms with Crippen LogP contribution in [0.25, 0.3) is 11.1 Å². The van der Waals surface area contributed by atoms with Gasteiger partial charge < -0.3 is 0 Å². The van der Waals surface area contributed by atoms with Gasteiger partial charge in [0.1, 0.15) is 0 Å². The fourth-order valence-electron chi connectivity index (χ4n) is 1.54. The van der Waals surface area contributed by atoms with Crippen molar-refractivity contribution in [1.82, 2.24) is 14.8 Å². The number of rotatable bonds is 2. The Hall–Kier alpha value is -1.64. The van der Waals surface area contributed by atoms with E-state index >= 15 is 0 Å². The van der Waals surface area contributed by atoms with Crippen LogP contribution in [-0.2, 0) is 13.5 Å². The van der Waals surface area contributed by atoms with E-state index in [1.165, 1.54) is 5.56 Å². The monoisotopic (exact) mass is 187 g/mol. The molecule has 3 nitrogen and oxygen atoms in total. The lowest BCUT2D eigenvalue weighted by Gasteiger charge is -2.02. The van der Waals surface area contributed by atoms with Crippen molar-refractivity contribution in [2.75, 3.05) is 0 Å². The minimum absolute atomic E-state index is 0.949. The minimum atomic E-state index is 0.949. The quantitative estimate of drug-likeness (QED) is 0.720. The summed E-state index contributed by atoms with van der Waals surface area (Å²) in [5, 5.41) is 4.16. The molecule has 2 rings (SSSR count). The van der Waals surface area contributed by atoms with Crippen molar-refractivity contribution in [2.45, 2.75) is 13.3 Å². The fraction of sp³-hybridized carbons (Fsp3) is 0.273. The first-order valence-electron chi connectivity index (χ1n) is 4.74. The van der Waals surface area contributed by atoms with Crippen molar-refractivity contribution in [2.24, 2.45) is 7.05 Å². The molecule has 0 saturated carbocycles. The van der Waals surface area contributed by atoms with Crippen molar-refractivity contribution in [3.05, 3.63) is 36.4 Å². The first-order valence-corrected chi connectivity index (χ1v) is 4.74. The van der Waals surface area contributed by atoms with Gasteiger partial charge in [-0.05, 0) is 12.5 Å². The molecular formula is C11H13N3.